The van der Waals surface area contributed by atoms with E-state index in [1.54, 1.807) is 20.8 Å². The van der Waals surface area contributed by atoms with Gasteiger partial charge in [-0.05, 0) is 188 Å². The number of aliphatic hydroxyl groups excluding tert-OH is 2. The van der Waals surface area contributed by atoms with Crippen LogP contribution >= 0.6 is 23.2 Å². The molecule has 6 aliphatic heterocycles. The number of fused-ring (bicyclic) bond motifs is 13. The summed E-state index contributed by atoms with van der Waals surface area (Å²) < 4.78 is 24.2. The van der Waals surface area contributed by atoms with E-state index >= 15 is 28.8 Å². The van der Waals surface area contributed by atoms with Crippen LogP contribution in [0.3, 0.4) is 0 Å². The number of phenolic OH excluding ortho intramolecular Hbond substituents is 6. The molecule has 9 atom stereocenters. The van der Waals surface area contributed by atoms with E-state index in [9.17, 15) is 50.4 Å². The molecule has 0 spiro atoms. The van der Waals surface area contributed by atoms with Crippen molar-refractivity contribution in [2.45, 2.75) is 119 Å². The van der Waals surface area contributed by atoms with Crippen LogP contribution in [0.2, 0.25) is 10.0 Å². The number of benzene rings is 7. The molecule has 0 aromatic heterocycles. The average molecular weight is 1450 g/mol. The van der Waals surface area contributed by atoms with Crippen LogP contribution < -0.4 is 56.7 Å². The molecule has 30 heteroatoms. The normalized spacial score (nSPS) is 26.4. The molecule has 534 valence electrons. The summed E-state index contributed by atoms with van der Waals surface area (Å²) in [6.07, 6.45) is -0.911. The Balaban J connectivity index is 0.953. The predicted octanol–water partition coefficient (Wildman–Crippen LogP) is 7.90. The first-order chi connectivity index (χ1) is 49.0. The minimum atomic E-state index is -2.29. The number of hydrogen-bond acceptors (Lipinski definition) is 20. The molecule has 9 unspecified atom stereocenters. The summed E-state index contributed by atoms with van der Waals surface area (Å²) in [5.41, 5.74) is -3.91. The third kappa shape index (κ3) is 13.4. The van der Waals surface area contributed by atoms with Crippen LogP contribution in [0.15, 0.2) is 115 Å². The average Bonchev–Trinajstić information content (AvgIpc) is 1.46. The summed E-state index contributed by atoms with van der Waals surface area (Å²) in [7, 11) is 0. The van der Waals surface area contributed by atoms with E-state index in [1.165, 1.54) is 48.5 Å². The number of aromatic hydroxyl groups is 6. The number of amides is 8. The van der Waals surface area contributed by atoms with Gasteiger partial charge in [0.05, 0.1) is 10.0 Å². The van der Waals surface area contributed by atoms with Gasteiger partial charge in [0.15, 0.2) is 23.0 Å². The number of aliphatic hydroxyl groups is 2. The van der Waals surface area contributed by atoms with E-state index in [-0.39, 0.29) is 73.0 Å². The molecule has 16 N–H and O–H groups in total. The Labute approximate surface area is 595 Å². The minimum absolute atomic E-state index is 0.0789. The first-order valence-electron chi connectivity index (χ1n) is 33.0. The number of halogens is 2. The maximum Gasteiger partial charge on any atom is 0.408 e. The Morgan fingerprint density at radius 3 is 1.60 bits per heavy atom. The maximum absolute atomic E-state index is 16.3. The van der Waals surface area contributed by atoms with Crippen LogP contribution in [0.5, 0.6) is 69.0 Å². The van der Waals surface area contributed by atoms with Crippen molar-refractivity contribution in [2.24, 2.45) is 23.7 Å². The van der Waals surface area contributed by atoms with Gasteiger partial charge in [0.25, 0.3) is 0 Å². The van der Waals surface area contributed by atoms with Gasteiger partial charge in [0.2, 0.25) is 47.1 Å². The van der Waals surface area contributed by atoms with E-state index in [0.717, 1.165) is 98.8 Å². The highest BCUT2D eigenvalue weighted by Gasteiger charge is 2.50. The molecule has 4 fully saturated rings. The van der Waals surface area contributed by atoms with E-state index in [1.807, 2.05) is 0 Å². The van der Waals surface area contributed by atoms with Crippen LogP contribution in [0.1, 0.15) is 134 Å². The molecule has 4 aliphatic carbocycles. The second kappa shape index (κ2) is 26.6. The molecule has 0 radical (unpaired) electrons. The van der Waals surface area contributed by atoms with E-state index in [0.29, 0.717) is 11.8 Å². The van der Waals surface area contributed by atoms with Crippen molar-refractivity contribution in [3.05, 3.63) is 164 Å². The molecule has 7 aromatic carbocycles. The molecular weight excluding hydrogens is 1380 g/mol. The summed E-state index contributed by atoms with van der Waals surface area (Å²) in [5.74, 6) is -14.2. The lowest BCUT2D eigenvalue weighted by atomic mass is 9.54. The summed E-state index contributed by atoms with van der Waals surface area (Å²) in [4.78, 5) is 123. The number of phenols is 6. The van der Waals surface area contributed by atoms with Crippen molar-refractivity contribution in [3.8, 4) is 80.1 Å². The number of carbonyl (C=O) groups excluding carboxylic acids is 8. The molecular formula is C73H68Cl2N8O20. The van der Waals surface area contributed by atoms with Crippen LogP contribution in [0.25, 0.3) is 11.1 Å². The van der Waals surface area contributed by atoms with Crippen LogP contribution in [-0.4, -0.2) is 112 Å². The lowest BCUT2D eigenvalue weighted by Gasteiger charge is -2.54. The summed E-state index contributed by atoms with van der Waals surface area (Å²) in [5, 5.41) is 116. The Morgan fingerprint density at radius 2 is 1.00 bits per heavy atom. The van der Waals surface area contributed by atoms with Gasteiger partial charge in [-0.25, -0.2) is 4.79 Å². The van der Waals surface area contributed by atoms with Gasteiger partial charge in [-0.15, -0.1) is 0 Å². The van der Waals surface area contributed by atoms with Gasteiger partial charge in [-0.2, -0.15) is 0 Å². The van der Waals surface area contributed by atoms with Crippen molar-refractivity contribution in [3.63, 3.8) is 0 Å². The Kier molecular flexibility index (Phi) is 17.8. The molecule has 0 saturated heterocycles. The summed E-state index contributed by atoms with van der Waals surface area (Å²) >= 11 is 13.9. The molecule has 10 aliphatic rings. The summed E-state index contributed by atoms with van der Waals surface area (Å²) in [6.45, 7) is 4.65. The Morgan fingerprint density at radius 1 is 0.476 bits per heavy atom. The first-order valence-corrected chi connectivity index (χ1v) is 33.8. The number of nitrogens with one attached hydrogen (secondary N) is 8. The zero-order valence-corrected chi connectivity index (χ0v) is 56.3. The second-order valence-corrected chi connectivity index (χ2v) is 28.7. The lowest BCUT2D eigenvalue weighted by molar-refractivity contribution is -0.137. The standard InChI is InChI=1S/C73H68Cl2N8O20/c1-73(2,3)103-72(99)83-55-30-7-10-44(86)49(22-30)100-39-19-35(18-37(84)25-39)56-66(93)77-57-36-23-50(101-47-11-8-31(20-42(47)74)62(89)60(70(97)78-56)81-65(55)92)64(91)51(24-36)102-48-12-9-32(21-43(48)75)63(90)61-71(98)80-59(69(96)76-54-33-14-28-13-29(16-33)17-34(54)15-28)41-26-38(85)27-46(88)53(41)52-40(5-4-6-45(52)87)58(68(95)82-61)79-67(57)94/h4-12,18-29,33-34,54-63,84-91H,13-17H2,1-3H3,(H,76,96)(H,77,93)(H,78,97)(H,79,94)(H,80,98)(H,81,92)(H,82,95)(H,83,99). The highest BCUT2D eigenvalue weighted by Crippen LogP contribution is 2.55. The van der Waals surface area contributed by atoms with Crippen LogP contribution in [0, 0.1) is 23.7 Å². The highest BCUT2D eigenvalue weighted by atomic mass is 35.5. The number of ether oxygens (including phenoxy) is 4. The number of carbonyl (C=O) groups is 8. The van der Waals surface area contributed by atoms with Gasteiger partial charge in [0, 0.05) is 29.3 Å². The predicted molar refractivity (Wildman–Crippen MR) is 363 cm³/mol. The van der Waals surface area contributed by atoms with Crippen molar-refractivity contribution >= 4 is 70.6 Å². The van der Waals surface area contributed by atoms with Crippen molar-refractivity contribution in [1.82, 2.24) is 42.5 Å². The van der Waals surface area contributed by atoms with Gasteiger partial charge in [0.1, 0.15) is 100 Å². The molecule has 19 bridgehead atoms. The fourth-order valence-electron chi connectivity index (χ4n) is 15.3. The van der Waals surface area contributed by atoms with Gasteiger partial charge in [-0.1, -0.05) is 53.5 Å². The molecule has 8 amide bonds. The van der Waals surface area contributed by atoms with Crippen LogP contribution in [0.4, 0.5) is 4.79 Å². The second-order valence-electron chi connectivity index (χ2n) is 27.9. The lowest BCUT2D eigenvalue weighted by Crippen LogP contribution is -2.58. The Bertz CT molecular complexity index is 4710. The van der Waals surface area contributed by atoms with E-state index in [4.69, 9.17) is 42.1 Å². The Hall–Kier alpha value is -11.2. The number of rotatable bonds is 3. The number of hydrogen-bond donors (Lipinski definition) is 16. The van der Waals surface area contributed by atoms with Gasteiger partial charge >= 0.3 is 6.09 Å². The van der Waals surface area contributed by atoms with Crippen molar-refractivity contribution < 1.29 is 98.2 Å². The molecule has 4 saturated carbocycles. The summed E-state index contributed by atoms with van der Waals surface area (Å²) in [6, 6.07) is 6.35. The molecule has 7 aromatic rings. The van der Waals surface area contributed by atoms with Crippen molar-refractivity contribution in [1.29, 1.82) is 0 Å². The quantitative estimate of drug-likeness (QED) is 0.0799. The molecule has 28 nitrogen and oxygen atoms in total. The van der Waals surface area contributed by atoms with E-state index < -0.39 is 182 Å². The van der Waals surface area contributed by atoms with Crippen molar-refractivity contribution in [2.75, 3.05) is 0 Å². The first kappa shape index (κ1) is 68.9. The topological polar surface area (TPSA) is 432 Å². The minimum Gasteiger partial charge on any atom is -0.508 e. The zero-order chi connectivity index (χ0) is 72.9. The smallest absolute Gasteiger partial charge is 0.408 e. The fraction of sp³-hybridized carbons (Fsp3) is 0.315. The maximum atomic E-state index is 16.3. The monoisotopic (exact) mass is 1450 g/mol. The third-order valence-corrected chi connectivity index (χ3v) is 20.3. The largest absolute Gasteiger partial charge is 0.508 e. The molecule has 17 rings (SSSR count). The number of alkyl carbamates (subject to hydrolysis) is 1. The fourth-order valence-corrected chi connectivity index (χ4v) is 15.8. The highest BCUT2D eigenvalue weighted by molar-refractivity contribution is 6.32. The zero-order valence-electron chi connectivity index (χ0n) is 54.8. The SMILES string of the molecule is CC(C)(C)OC(=O)NC1C(=O)NC2C(=O)NC(C(=O)NC3C(=O)NC4C(=O)NC(C(=O)NC(C(=O)NC5C6CC7CC(C6)CC5C7)c5cc(O)cc(O)c5-c5c(O)cccc54)C(O)c4ccc(c(Cl)c4)Oc4cc3cc(c4O)Oc3ccc(cc3Cl)C2O)c2cc(O)cc(c2)Oc2cc1ccc2O. The van der Waals surface area contributed by atoms with Crippen LogP contribution in [-0.2, 0) is 38.3 Å². The molecule has 6 heterocycles. The molecule has 103 heavy (non-hydrogen) atoms. The van der Waals surface area contributed by atoms with Gasteiger partial charge < -0.3 is 102 Å². The van der Waals surface area contributed by atoms with E-state index in [2.05, 4.69) is 42.5 Å². The van der Waals surface area contributed by atoms with Gasteiger partial charge in [-0.3, -0.25) is 33.6 Å². The third-order valence-electron chi connectivity index (χ3n) is 19.7.